The summed E-state index contributed by atoms with van der Waals surface area (Å²) >= 11 is 0. The first-order valence-corrected chi connectivity index (χ1v) is 7.30. The van der Waals surface area contributed by atoms with Crippen molar-refractivity contribution in [2.45, 2.75) is 13.0 Å². The minimum absolute atomic E-state index is 0.0337. The Kier molecular flexibility index (Phi) is 2.86. The average molecular weight is 289 g/mol. The van der Waals surface area contributed by atoms with Crippen LogP contribution in [0.1, 0.15) is 11.1 Å². The maximum absolute atomic E-state index is 12.7. The van der Waals surface area contributed by atoms with Crippen molar-refractivity contribution >= 4 is 10.8 Å². The number of rotatable bonds is 2. The van der Waals surface area contributed by atoms with E-state index in [-0.39, 0.29) is 5.56 Å². The number of fused-ring (bicyclic) bond motifs is 4. The van der Waals surface area contributed by atoms with Crippen molar-refractivity contribution in [3.05, 3.63) is 82.7 Å². The molecule has 0 unspecified atom stereocenters. The monoisotopic (exact) mass is 289 g/mol. The molecule has 1 aromatic heterocycles. The molecule has 0 bridgehead atoms. The zero-order valence-electron chi connectivity index (χ0n) is 12.1. The summed E-state index contributed by atoms with van der Waals surface area (Å²) in [6.07, 6.45) is 2.49. The highest BCUT2D eigenvalue weighted by Crippen LogP contribution is 2.38. The minimum atomic E-state index is -0.0337. The van der Waals surface area contributed by atoms with Crippen molar-refractivity contribution < 1.29 is 4.74 Å². The Hall–Kier alpha value is -2.81. The van der Waals surface area contributed by atoms with Crippen molar-refractivity contribution in [1.29, 1.82) is 0 Å². The van der Waals surface area contributed by atoms with Gasteiger partial charge in [0.1, 0.15) is 5.75 Å². The zero-order chi connectivity index (χ0) is 15.1. The molecule has 1 aliphatic rings. The molecule has 4 rings (SSSR count). The van der Waals surface area contributed by atoms with E-state index in [4.69, 9.17) is 4.74 Å². The number of pyridine rings is 1. The maximum Gasteiger partial charge on any atom is 0.261 e. The minimum Gasteiger partial charge on any atom is -0.440 e. The molecule has 3 heteroatoms. The number of para-hydroxylation sites is 1. The molecule has 0 radical (unpaired) electrons. The molecule has 1 aliphatic heterocycles. The van der Waals surface area contributed by atoms with Crippen LogP contribution in [-0.2, 0) is 13.0 Å². The molecule has 0 saturated carbocycles. The van der Waals surface area contributed by atoms with Crippen LogP contribution < -0.4 is 10.3 Å². The van der Waals surface area contributed by atoms with E-state index < -0.39 is 0 Å². The molecule has 0 saturated heterocycles. The van der Waals surface area contributed by atoms with Crippen LogP contribution in [0.3, 0.4) is 0 Å². The molecular formula is C19H15NO2. The van der Waals surface area contributed by atoms with Gasteiger partial charge in [0.15, 0.2) is 0 Å². The lowest BCUT2D eigenvalue weighted by Crippen LogP contribution is -2.24. The molecule has 22 heavy (non-hydrogen) atoms. The van der Waals surface area contributed by atoms with Gasteiger partial charge in [-0.3, -0.25) is 9.36 Å². The summed E-state index contributed by atoms with van der Waals surface area (Å²) in [4.78, 5) is 12.7. The van der Waals surface area contributed by atoms with Crippen LogP contribution in [0.25, 0.3) is 10.8 Å². The molecular weight excluding hydrogens is 274 g/mol. The average Bonchev–Trinajstić information content (AvgIpc) is 2.57. The fourth-order valence-corrected chi connectivity index (χ4v) is 3.08. The van der Waals surface area contributed by atoms with Crippen molar-refractivity contribution in [3.8, 4) is 11.6 Å². The fraction of sp³-hybridized carbons (Fsp3) is 0.105. The normalized spacial score (nSPS) is 12.4. The van der Waals surface area contributed by atoms with Gasteiger partial charge in [-0.2, -0.15) is 0 Å². The van der Waals surface area contributed by atoms with Gasteiger partial charge in [-0.1, -0.05) is 42.5 Å². The quantitative estimate of drug-likeness (QED) is 0.524. The van der Waals surface area contributed by atoms with E-state index in [1.165, 1.54) is 0 Å². The number of hydrogen-bond acceptors (Lipinski definition) is 2. The van der Waals surface area contributed by atoms with Gasteiger partial charge >= 0.3 is 0 Å². The van der Waals surface area contributed by atoms with Crippen LogP contribution in [0.4, 0.5) is 0 Å². The third kappa shape index (κ3) is 1.79. The molecule has 2 aromatic carbocycles. The number of ether oxygens (including phenoxy) is 1. The molecule has 0 spiro atoms. The summed E-state index contributed by atoms with van der Waals surface area (Å²) in [5.74, 6) is 1.46. The van der Waals surface area contributed by atoms with Crippen LogP contribution in [0.2, 0.25) is 0 Å². The van der Waals surface area contributed by atoms with E-state index >= 15 is 0 Å². The van der Waals surface area contributed by atoms with Gasteiger partial charge in [0.2, 0.25) is 5.88 Å². The van der Waals surface area contributed by atoms with Crippen molar-refractivity contribution in [2.75, 3.05) is 0 Å². The number of aromatic nitrogens is 1. The van der Waals surface area contributed by atoms with Gasteiger partial charge in [0, 0.05) is 23.9 Å². The van der Waals surface area contributed by atoms with Crippen LogP contribution in [0.5, 0.6) is 11.6 Å². The molecule has 108 valence electrons. The second-order valence-corrected chi connectivity index (χ2v) is 5.42. The van der Waals surface area contributed by atoms with E-state index in [0.29, 0.717) is 12.4 Å². The Balaban J connectivity index is 2.07. The smallest absolute Gasteiger partial charge is 0.261 e. The first kappa shape index (κ1) is 12.9. The highest BCUT2D eigenvalue weighted by Gasteiger charge is 2.23. The highest BCUT2D eigenvalue weighted by atomic mass is 16.5. The van der Waals surface area contributed by atoms with Gasteiger partial charge in [-0.25, -0.2) is 0 Å². The van der Waals surface area contributed by atoms with E-state index in [1.807, 2.05) is 42.5 Å². The predicted molar refractivity (Wildman–Crippen MR) is 87.7 cm³/mol. The summed E-state index contributed by atoms with van der Waals surface area (Å²) in [6, 6.07) is 15.7. The molecule has 0 fully saturated rings. The van der Waals surface area contributed by atoms with Crippen LogP contribution >= 0.6 is 0 Å². The van der Waals surface area contributed by atoms with Crippen molar-refractivity contribution in [3.63, 3.8) is 0 Å². The summed E-state index contributed by atoms with van der Waals surface area (Å²) in [5.41, 5.74) is 2.17. The number of allylic oxidation sites excluding steroid dienone is 1. The second kappa shape index (κ2) is 4.88. The Morgan fingerprint density at radius 1 is 1.09 bits per heavy atom. The Morgan fingerprint density at radius 3 is 2.64 bits per heavy atom. The lowest BCUT2D eigenvalue weighted by Gasteiger charge is -2.24. The summed E-state index contributed by atoms with van der Waals surface area (Å²) in [7, 11) is 0. The molecule has 0 atom stereocenters. The van der Waals surface area contributed by atoms with Gasteiger partial charge in [0.05, 0.1) is 0 Å². The number of benzene rings is 2. The third-order valence-electron chi connectivity index (χ3n) is 4.09. The molecule has 0 aliphatic carbocycles. The maximum atomic E-state index is 12.7. The third-order valence-corrected chi connectivity index (χ3v) is 4.09. The fourth-order valence-electron chi connectivity index (χ4n) is 3.08. The number of nitrogens with zero attached hydrogens (tertiary/aromatic N) is 1. The molecule has 3 aromatic rings. The molecule has 2 heterocycles. The van der Waals surface area contributed by atoms with Gasteiger partial charge < -0.3 is 4.74 Å². The first-order valence-electron chi connectivity index (χ1n) is 7.30. The van der Waals surface area contributed by atoms with E-state index in [0.717, 1.165) is 34.1 Å². The second-order valence-electron chi connectivity index (χ2n) is 5.42. The van der Waals surface area contributed by atoms with Gasteiger partial charge in [0.25, 0.3) is 5.56 Å². The summed E-state index contributed by atoms with van der Waals surface area (Å²) < 4.78 is 7.73. The Labute approximate surface area is 128 Å². The number of hydrogen-bond donors (Lipinski definition) is 0. The zero-order valence-corrected chi connectivity index (χ0v) is 12.1. The van der Waals surface area contributed by atoms with Crippen LogP contribution in [0, 0.1) is 0 Å². The summed E-state index contributed by atoms with van der Waals surface area (Å²) in [6.45, 7) is 4.19. The van der Waals surface area contributed by atoms with Crippen molar-refractivity contribution in [2.24, 2.45) is 0 Å². The molecule has 0 amide bonds. The van der Waals surface area contributed by atoms with Gasteiger partial charge in [-0.15, -0.1) is 6.58 Å². The lowest BCUT2D eigenvalue weighted by atomic mass is 9.97. The molecule has 0 N–H and O–H groups in total. The van der Waals surface area contributed by atoms with E-state index in [9.17, 15) is 4.79 Å². The Bertz CT molecular complexity index is 953. The van der Waals surface area contributed by atoms with Crippen LogP contribution in [-0.4, -0.2) is 4.57 Å². The predicted octanol–water partition coefficient (Wildman–Crippen LogP) is 3.88. The SMILES string of the molecule is C=CCn1c2c(c3ccccc3c1=O)Cc1ccccc1O2. The topological polar surface area (TPSA) is 31.2 Å². The summed E-state index contributed by atoms with van der Waals surface area (Å²) in [5, 5.41) is 1.70. The van der Waals surface area contributed by atoms with Crippen LogP contribution in [0.15, 0.2) is 66.0 Å². The highest BCUT2D eigenvalue weighted by molar-refractivity contribution is 5.87. The van der Waals surface area contributed by atoms with Crippen molar-refractivity contribution in [1.82, 2.24) is 4.57 Å². The van der Waals surface area contributed by atoms with Gasteiger partial charge in [-0.05, 0) is 23.1 Å². The van der Waals surface area contributed by atoms with E-state index in [1.54, 1.807) is 10.6 Å². The first-order chi connectivity index (χ1) is 10.8. The Morgan fingerprint density at radius 2 is 1.82 bits per heavy atom. The molecule has 3 nitrogen and oxygen atoms in total. The van der Waals surface area contributed by atoms with E-state index in [2.05, 4.69) is 12.6 Å². The largest absolute Gasteiger partial charge is 0.440 e. The lowest BCUT2D eigenvalue weighted by molar-refractivity contribution is 0.410. The standard InChI is InChI=1S/C19H15NO2/c1-2-11-20-18(21)15-9-5-4-8-14(15)16-12-13-7-3-6-10-17(13)22-19(16)20/h2-10H,1,11-12H2.